The summed E-state index contributed by atoms with van der Waals surface area (Å²) in [6.07, 6.45) is 1.94. The Labute approximate surface area is 121 Å². The second-order valence-corrected chi connectivity index (χ2v) is 7.25. The molecular weight excluding hydrogens is 338 g/mol. The molecule has 1 aromatic carbocycles. The van der Waals surface area contributed by atoms with Crippen LogP contribution in [-0.4, -0.2) is 33.6 Å². The third kappa shape index (κ3) is 4.15. The minimum Gasteiger partial charge on any atom is -0.496 e. The Morgan fingerprint density at radius 2 is 2.17 bits per heavy atom. The van der Waals surface area contributed by atoms with Crippen molar-refractivity contribution in [2.24, 2.45) is 0 Å². The number of methoxy groups -OCH3 is 1. The highest BCUT2D eigenvalue weighted by atomic mass is 79.9. The highest BCUT2D eigenvalue weighted by Gasteiger charge is 2.18. The maximum Gasteiger partial charge on any atom is 0.240 e. The van der Waals surface area contributed by atoms with Gasteiger partial charge in [0.1, 0.15) is 5.75 Å². The molecule has 0 heterocycles. The van der Waals surface area contributed by atoms with Gasteiger partial charge >= 0.3 is 0 Å². The summed E-state index contributed by atoms with van der Waals surface area (Å²) in [5.41, 5.74) is 0. The van der Waals surface area contributed by atoms with Crippen LogP contribution in [-0.2, 0) is 10.0 Å². The highest BCUT2D eigenvalue weighted by molar-refractivity contribution is 9.10. The molecule has 1 atom stereocenters. The summed E-state index contributed by atoms with van der Waals surface area (Å²) in [6, 6.07) is 4.58. The van der Waals surface area contributed by atoms with Crippen LogP contribution in [0.2, 0.25) is 0 Å². The average molecular weight is 354 g/mol. The third-order valence-electron chi connectivity index (χ3n) is 2.21. The predicted octanol–water partition coefficient (Wildman–Crippen LogP) is 2.49. The monoisotopic (exact) mass is 353 g/mol. The molecule has 0 aliphatic heterocycles. The number of halogens is 1. The van der Waals surface area contributed by atoms with Gasteiger partial charge in [-0.3, -0.25) is 0 Å². The van der Waals surface area contributed by atoms with E-state index in [0.717, 1.165) is 5.75 Å². The van der Waals surface area contributed by atoms with Gasteiger partial charge in [0.25, 0.3) is 0 Å². The molecule has 0 fully saturated rings. The van der Waals surface area contributed by atoms with E-state index in [9.17, 15) is 8.42 Å². The molecular formula is C11H16BrNO3S2. The molecule has 0 amide bonds. The van der Waals surface area contributed by atoms with E-state index < -0.39 is 10.0 Å². The molecule has 7 heteroatoms. The Bertz CT molecular complexity index is 505. The number of ether oxygens (including phenoxy) is 1. The van der Waals surface area contributed by atoms with E-state index in [0.29, 0.717) is 10.2 Å². The summed E-state index contributed by atoms with van der Waals surface area (Å²) in [6.45, 7) is 1.84. The molecule has 0 aliphatic rings. The number of hydrogen-bond acceptors (Lipinski definition) is 4. The van der Waals surface area contributed by atoms with Crippen molar-refractivity contribution in [3.8, 4) is 5.75 Å². The molecule has 0 aliphatic carbocycles. The number of sulfonamides is 1. The van der Waals surface area contributed by atoms with Crippen LogP contribution in [0.1, 0.15) is 6.92 Å². The molecule has 0 saturated heterocycles. The molecule has 4 nitrogen and oxygen atoms in total. The first kappa shape index (κ1) is 15.8. The van der Waals surface area contributed by atoms with Gasteiger partial charge in [-0.1, -0.05) is 0 Å². The van der Waals surface area contributed by atoms with Crippen LogP contribution >= 0.6 is 27.7 Å². The van der Waals surface area contributed by atoms with Gasteiger partial charge < -0.3 is 4.74 Å². The van der Waals surface area contributed by atoms with Crippen molar-refractivity contribution in [2.45, 2.75) is 17.9 Å². The maximum absolute atomic E-state index is 12.1. The molecule has 1 aromatic rings. The number of nitrogens with one attached hydrogen (secondary N) is 1. The van der Waals surface area contributed by atoms with Crippen molar-refractivity contribution in [1.29, 1.82) is 0 Å². The Morgan fingerprint density at radius 1 is 1.50 bits per heavy atom. The number of rotatable bonds is 6. The van der Waals surface area contributed by atoms with Crippen molar-refractivity contribution >= 4 is 37.7 Å². The molecule has 18 heavy (non-hydrogen) atoms. The minimum absolute atomic E-state index is 0.106. The fourth-order valence-electron chi connectivity index (χ4n) is 1.43. The van der Waals surface area contributed by atoms with Crippen LogP contribution in [0.4, 0.5) is 0 Å². The molecule has 1 unspecified atom stereocenters. The number of hydrogen-bond donors (Lipinski definition) is 1. The summed E-state index contributed by atoms with van der Waals surface area (Å²) in [5.74, 6) is 1.34. The molecule has 0 radical (unpaired) electrons. The van der Waals surface area contributed by atoms with Gasteiger partial charge in [0, 0.05) is 11.8 Å². The van der Waals surface area contributed by atoms with Crippen LogP contribution in [0.25, 0.3) is 0 Å². The number of benzene rings is 1. The van der Waals surface area contributed by atoms with Crippen LogP contribution in [0.3, 0.4) is 0 Å². The molecule has 0 aromatic heterocycles. The van der Waals surface area contributed by atoms with Crippen molar-refractivity contribution in [2.75, 3.05) is 19.1 Å². The van der Waals surface area contributed by atoms with Crippen LogP contribution < -0.4 is 9.46 Å². The fraction of sp³-hybridized carbons (Fsp3) is 0.455. The van der Waals surface area contributed by atoms with Gasteiger partial charge in [0.05, 0.1) is 16.5 Å². The fourth-order valence-corrected chi connectivity index (χ4v) is 4.08. The first-order valence-corrected chi connectivity index (χ1v) is 8.92. The van der Waals surface area contributed by atoms with E-state index in [1.54, 1.807) is 17.8 Å². The normalized spacial score (nSPS) is 13.3. The summed E-state index contributed by atoms with van der Waals surface area (Å²) >= 11 is 4.87. The van der Waals surface area contributed by atoms with Crippen molar-refractivity contribution < 1.29 is 13.2 Å². The second-order valence-electron chi connectivity index (χ2n) is 3.77. The molecule has 0 bridgehead atoms. The largest absolute Gasteiger partial charge is 0.496 e. The Balaban J connectivity index is 2.95. The van der Waals surface area contributed by atoms with E-state index in [1.165, 1.54) is 19.2 Å². The molecule has 1 N–H and O–H groups in total. The van der Waals surface area contributed by atoms with Gasteiger partial charge in [0.15, 0.2) is 0 Å². The Kier molecular flexibility index (Phi) is 5.97. The molecule has 102 valence electrons. The lowest BCUT2D eigenvalue weighted by atomic mass is 10.3. The lowest BCUT2D eigenvalue weighted by molar-refractivity contribution is 0.411. The summed E-state index contributed by atoms with van der Waals surface area (Å²) in [7, 11) is -1.94. The van der Waals surface area contributed by atoms with Gasteiger partial charge in [0.2, 0.25) is 10.0 Å². The summed E-state index contributed by atoms with van der Waals surface area (Å²) in [4.78, 5) is 0.225. The van der Waals surface area contributed by atoms with Gasteiger partial charge in [-0.15, -0.1) is 0 Å². The summed E-state index contributed by atoms with van der Waals surface area (Å²) < 4.78 is 32.5. The first-order chi connectivity index (χ1) is 8.40. The second kappa shape index (κ2) is 6.79. The average Bonchev–Trinajstić information content (AvgIpc) is 2.28. The molecule has 0 spiro atoms. The topological polar surface area (TPSA) is 55.4 Å². The van der Waals surface area contributed by atoms with Crippen LogP contribution in [0.5, 0.6) is 5.75 Å². The van der Waals surface area contributed by atoms with Crippen molar-refractivity contribution in [3.63, 3.8) is 0 Å². The Morgan fingerprint density at radius 3 is 2.67 bits per heavy atom. The molecule has 1 rings (SSSR count). The van der Waals surface area contributed by atoms with E-state index >= 15 is 0 Å². The number of thioether (sulfide) groups is 1. The predicted molar refractivity (Wildman–Crippen MR) is 78.9 cm³/mol. The zero-order valence-electron chi connectivity index (χ0n) is 10.4. The quantitative estimate of drug-likeness (QED) is 0.853. The lowest BCUT2D eigenvalue weighted by Gasteiger charge is -2.13. The van der Waals surface area contributed by atoms with E-state index in [4.69, 9.17) is 4.74 Å². The lowest BCUT2D eigenvalue weighted by Crippen LogP contribution is -2.34. The zero-order valence-corrected chi connectivity index (χ0v) is 13.7. The van der Waals surface area contributed by atoms with Gasteiger partial charge in [-0.25, -0.2) is 13.1 Å². The van der Waals surface area contributed by atoms with Gasteiger partial charge in [-0.05, 0) is 47.3 Å². The zero-order chi connectivity index (χ0) is 13.8. The first-order valence-electron chi connectivity index (χ1n) is 5.25. The smallest absolute Gasteiger partial charge is 0.240 e. The Hall–Kier alpha value is -0.240. The van der Waals surface area contributed by atoms with E-state index in [2.05, 4.69) is 20.7 Å². The standard InChI is InChI=1S/C11H16BrNO3S2/c1-8(7-17-3)13-18(14,15)9-4-5-11(16-2)10(12)6-9/h4-6,8,13H,7H2,1-3H3. The van der Waals surface area contributed by atoms with Crippen LogP contribution in [0, 0.1) is 0 Å². The van der Waals surface area contributed by atoms with Crippen molar-refractivity contribution in [1.82, 2.24) is 4.72 Å². The summed E-state index contributed by atoms with van der Waals surface area (Å²) in [5, 5.41) is 0. The third-order valence-corrected chi connectivity index (χ3v) is 5.25. The van der Waals surface area contributed by atoms with Gasteiger partial charge in [-0.2, -0.15) is 11.8 Å². The van der Waals surface area contributed by atoms with E-state index in [-0.39, 0.29) is 10.9 Å². The maximum atomic E-state index is 12.1. The minimum atomic E-state index is -3.48. The van der Waals surface area contributed by atoms with E-state index in [1.807, 2.05) is 13.2 Å². The SMILES string of the molecule is COc1ccc(S(=O)(=O)NC(C)CSC)cc1Br. The highest BCUT2D eigenvalue weighted by Crippen LogP contribution is 2.27. The molecule has 0 saturated carbocycles. The van der Waals surface area contributed by atoms with Crippen molar-refractivity contribution in [3.05, 3.63) is 22.7 Å². The van der Waals surface area contributed by atoms with Crippen LogP contribution in [0.15, 0.2) is 27.6 Å².